The lowest BCUT2D eigenvalue weighted by Gasteiger charge is -2.28. The van der Waals surface area contributed by atoms with Crippen LogP contribution in [0.25, 0.3) is 10.9 Å². The van der Waals surface area contributed by atoms with Crippen LogP contribution in [0.15, 0.2) is 54.6 Å². The summed E-state index contributed by atoms with van der Waals surface area (Å²) in [5, 5.41) is 8.08. The minimum atomic E-state index is -3.32. The van der Waals surface area contributed by atoms with Crippen LogP contribution < -0.4 is 15.4 Å². The Morgan fingerprint density at radius 3 is 2.23 bits per heavy atom. The maximum absolute atomic E-state index is 12.5. The molecule has 9 heteroatoms. The first kappa shape index (κ1) is 29.2. The molecule has 3 aromatic rings. The summed E-state index contributed by atoms with van der Waals surface area (Å²) in [6, 6.07) is 17.5. The summed E-state index contributed by atoms with van der Waals surface area (Å²) >= 11 is 0. The third-order valence-electron chi connectivity index (χ3n) is 7.75. The minimum Gasteiger partial charge on any atom is -0.369 e. The van der Waals surface area contributed by atoms with Crippen LogP contribution >= 0.6 is 0 Å². The fourth-order valence-electron chi connectivity index (χ4n) is 5.30. The van der Waals surface area contributed by atoms with Crippen LogP contribution in [0.4, 0.5) is 11.8 Å². The molecule has 1 saturated carbocycles. The summed E-state index contributed by atoms with van der Waals surface area (Å²) in [6.07, 6.45) is 5.26. The van der Waals surface area contributed by atoms with Gasteiger partial charge in [-0.3, -0.25) is 0 Å². The Morgan fingerprint density at radius 1 is 0.846 bits per heavy atom. The molecule has 4 rings (SSSR count). The zero-order valence-corrected chi connectivity index (χ0v) is 24.2. The van der Waals surface area contributed by atoms with E-state index in [-0.39, 0.29) is 5.75 Å². The highest BCUT2D eigenvalue weighted by atomic mass is 32.2. The fourth-order valence-corrected chi connectivity index (χ4v) is 6.53. The van der Waals surface area contributed by atoms with Gasteiger partial charge in [-0.1, -0.05) is 56.3 Å². The number of benzene rings is 2. The molecule has 1 heterocycles. The topological polar surface area (TPSA) is 99.2 Å². The summed E-state index contributed by atoms with van der Waals surface area (Å²) in [6.45, 7) is 9.85. The molecule has 1 aliphatic rings. The number of rotatable bonds is 15. The van der Waals surface area contributed by atoms with Crippen molar-refractivity contribution in [3.63, 3.8) is 0 Å². The van der Waals surface area contributed by atoms with Gasteiger partial charge < -0.3 is 15.5 Å². The molecule has 1 fully saturated rings. The number of nitrogens with zero attached hydrogens (tertiary/aromatic N) is 3. The molecule has 0 radical (unpaired) electrons. The van der Waals surface area contributed by atoms with Gasteiger partial charge in [0.2, 0.25) is 16.0 Å². The number of anilines is 2. The maximum Gasteiger partial charge on any atom is 0.225 e. The molecular weight excluding hydrogens is 508 g/mol. The van der Waals surface area contributed by atoms with Crippen molar-refractivity contribution in [2.75, 3.05) is 49.9 Å². The summed E-state index contributed by atoms with van der Waals surface area (Å²) in [7, 11) is -3.32. The number of aromatic nitrogens is 2. The van der Waals surface area contributed by atoms with Gasteiger partial charge in [0.05, 0.1) is 11.3 Å². The van der Waals surface area contributed by atoms with E-state index >= 15 is 0 Å². The standard InChI is InChI=1S/C30H44N6O2S/c1-3-36(4-2)20-10-19-31-29-27-13-8-9-14-28(27)34-30(35-29)32-21-24-15-17-25(18-16-24)22-33-39(37,38)23-26-11-6-5-7-12-26/h5-9,11-14,24-25,33H,3-4,10,15-23H2,1-2H3,(H2,31,32,34,35). The van der Waals surface area contributed by atoms with E-state index in [1.807, 2.05) is 48.5 Å². The molecule has 212 valence electrons. The van der Waals surface area contributed by atoms with Gasteiger partial charge in [0.25, 0.3) is 0 Å². The summed E-state index contributed by atoms with van der Waals surface area (Å²) in [4.78, 5) is 12.0. The molecule has 0 atom stereocenters. The molecule has 1 aliphatic carbocycles. The number of nitrogens with one attached hydrogen (secondary N) is 3. The second kappa shape index (κ2) is 14.6. The summed E-state index contributed by atoms with van der Waals surface area (Å²) in [5.74, 6) is 2.49. The van der Waals surface area contributed by atoms with Gasteiger partial charge in [-0.2, -0.15) is 4.98 Å². The Hall–Kier alpha value is -2.75. The highest BCUT2D eigenvalue weighted by Crippen LogP contribution is 2.29. The predicted molar refractivity (Wildman–Crippen MR) is 161 cm³/mol. The lowest BCUT2D eigenvalue weighted by Crippen LogP contribution is -2.33. The van der Waals surface area contributed by atoms with E-state index in [4.69, 9.17) is 9.97 Å². The fraction of sp³-hybridized carbons (Fsp3) is 0.533. The van der Waals surface area contributed by atoms with Crippen LogP contribution in [0.3, 0.4) is 0 Å². The SMILES string of the molecule is CCN(CC)CCCNc1nc(NCC2CCC(CNS(=O)(=O)Cc3ccccc3)CC2)nc2ccccc12. The molecule has 2 aromatic carbocycles. The van der Waals surface area contributed by atoms with E-state index in [1.165, 1.54) is 0 Å². The third kappa shape index (κ3) is 9.15. The second-order valence-corrected chi connectivity index (χ2v) is 12.4. The average Bonchev–Trinajstić information content (AvgIpc) is 2.96. The van der Waals surface area contributed by atoms with Crippen LogP contribution in [-0.2, 0) is 15.8 Å². The van der Waals surface area contributed by atoms with Crippen LogP contribution in [0.5, 0.6) is 0 Å². The number of sulfonamides is 1. The second-order valence-electron chi connectivity index (χ2n) is 10.6. The smallest absolute Gasteiger partial charge is 0.225 e. The van der Waals surface area contributed by atoms with Crippen molar-refractivity contribution in [1.29, 1.82) is 0 Å². The first-order valence-corrected chi connectivity index (χ1v) is 16.1. The van der Waals surface area contributed by atoms with Crippen LogP contribution in [0, 0.1) is 11.8 Å². The van der Waals surface area contributed by atoms with E-state index in [2.05, 4.69) is 40.2 Å². The van der Waals surface area contributed by atoms with Gasteiger partial charge in [0.1, 0.15) is 5.82 Å². The summed E-state index contributed by atoms with van der Waals surface area (Å²) in [5.41, 5.74) is 1.75. The molecule has 0 bridgehead atoms. The Bertz CT molecular complexity index is 1260. The number of para-hydroxylation sites is 1. The van der Waals surface area contributed by atoms with Crippen molar-refractivity contribution in [3.05, 3.63) is 60.2 Å². The minimum absolute atomic E-state index is 0.0334. The van der Waals surface area contributed by atoms with Gasteiger partial charge in [0, 0.05) is 25.0 Å². The van der Waals surface area contributed by atoms with Crippen molar-refractivity contribution >= 4 is 32.7 Å². The van der Waals surface area contributed by atoms with Crippen molar-refractivity contribution < 1.29 is 8.42 Å². The molecule has 8 nitrogen and oxygen atoms in total. The molecule has 0 saturated heterocycles. The highest BCUT2D eigenvalue weighted by molar-refractivity contribution is 7.88. The first-order chi connectivity index (χ1) is 19.0. The van der Waals surface area contributed by atoms with E-state index < -0.39 is 10.0 Å². The van der Waals surface area contributed by atoms with E-state index in [1.54, 1.807) is 0 Å². The van der Waals surface area contributed by atoms with Gasteiger partial charge in [0.15, 0.2) is 0 Å². The molecule has 39 heavy (non-hydrogen) atoms. The van der Waals surface area contributed by atoms with Crippen LogP contribution in [0.2, 0.25) is 0 Å². The Morgan fingerprint density at radius 2 is 1.51 bits per heavy atom. The van der Waals surface area contributed by atoms with Crippen molar-refractivity contribution in [1.82, 2.24) is 19.6 Å². The Labute approximate surface area is 234 Å². The van der Waals surface area contributed by atoms with Crippen molar-refractivity contribution in [2.45, 2.75) is 51.7 Å². The number of hydrogen-bond acceptors (Lipinski definition) is 7. The Kier molecular flexibility index (Phi) is 10.9. The molecule has 0 spiro atoms. The zero-order chi connectivity index (χ0) is 27.5. The average molecular weight is 553 g/mol. The summed E-state index contributed by atoms with van der Waals surface area (Å²) < 4.78 is 27.8. The first-order valence-electron chi connectivity index (χ1n) is 14.4. The zero-order valence-electron chi connectivity index (χ0n) is 23.4. The lowest BCUT2D eigenvalue weighted by atomic mass is 9.82. The molecule has 0 unspecified atom stereocenters. The molecule has 0 amide bonds. The largest absolute Gasteiger partial charge is 0.369 e. The van der Waals surface area contributed by atoms with Crippen molar-refractivity contribution in [3.8, 4) is 0 Å². The molecule has 0 aliphatic heterocycles. The van der Waals surface area contributed by atoms with E-state index in [9.17, 15) is 8.42 Å². The normalized spacial score (nSPS) is 17.9. The molecule has 1 aromatic heterocycles. The van der Waals surface area contributed by atoms with Gasteiger partial charge >= 0.3 is 0 Å². The monoisotopic (exact) mass is 552 g/mol. The van der Waals surface area contributed by atoms with E-state index in [0.29, 0.717) is 24.3 Å². The molecular formula is C30H44N6O2S. The predicted octanol–water partition coefficient (Wildman–Crippen LogP) is 5.11. The van der Waals surface area contributed by atoms with Crippen molar-refractivity contribution in [2.24, 2.45) is 11.8 Å². The quantitative estimate of drug-likeness (QED) is 0.225. The highest BCUT2D eigenvalue weighted by Gasteiger charge is 2.23. The third-order valence-corrected chi connectivity index (χ3v) is 9.07. The number of fused-ring (bicyclic) bond motifs is 1. The van der Waals surface area contributed by atoms with Crippen LogP contribution in [-0.4, -0.2) is 62.6 Å². The van der Waals surface area contributed by atoms with Gasteiger partial charge in [-0.25, -0.2) is 18.1 Å². The van der Waals surface area contributed by atoms with E-state index in [0.717, 1.165) is 87.1 Å². The Balaban J connectivity index is 1.24. The maximum atomic E-state index is 12.5. The molecule has 3 N–H and O–H groups in total. The van der Waals surface area contributed by atoms with Gasteiger partial charge in [-0.05, 0) is 81.3 Å². The van der Waals surface area contributed by atoms with Gasteiger partial charge in [-0.15, -0.1) is 0 Å². The number of hydrogen-bond donors (Lipinski definition) is 3. The van der Waals surface area contributed by atoms with Crippen LogP contribution in [0.1, 0.15) is 51.5 Å². The lowest BCUT2D eigenvalue weighted by molar-refractivity contribution is 0.284.